The number of Topliss-reactive ketones (excluding diaryl/α,β-unsaturated/α-hetero) is 1. The number of fused-ring (bicyclic) bond motifs is 8. The zero-order valence-electron chi connectivity index (χ0n) is 33.3. The van der Waals surface area contributed by atoms with E-state index in [1.54, 1.807) is 47.6 Å². The summed E-state index contributed by atoms with van der Waals surface area (Å²) in [5.74, 6) is -5.12. The number of hydrogen-bond acceptors (Lipinski definition) is 10. The van der Waals surface area contributed by atoms with E-state index in [0.29, 0.717) is 18.4 Å². The van der Waals surface area contributed by atoms with Gasteiger partial charge in [-0.1, -0.05) is 74.0 Å². The Morgan fingerprint density at radius 2 is 1.61 bits per heavy atom. The van der Waals surface area contributed by atoms with Crippen molar-refractivity contribution in [3.63, 3.8) is 0 Å². The van der Waals surface area contributed by atoms with Gasteiger partial charge in [0.15, 0.2) is 18.1 Å². The first-order chi connectivity index (χ1) is 26.7. The summed E-state index contributed by atoms with van der Waals surface area (Å²) >= 11 is 0. The molecule has 0 aromatic heterocycles. The van der Waals surface area contributed by atoms with Crippen molar-refractivity contribution >= 4 is 29.6 Å². The van der Waals surface area contributed by atoms with E-state index in [-0.39, 0.29) is 31.1 Å². The van der Waals surface area contributed by atoms with E-state index in [1.807, 2.05) is 48.5 Å². The van der Waals surface area contributed by atoms with Gasteiger partial charge < -0.3 is 29.7 Å². The number of nitrogens with one attached hydrogen (secondary N) is 1. The summed E-state index contributed by atoms with van der Waals surface area (Å²) in [5.41, 5.74) is -3.01. The van der Waals surface area contributed by atoms with Crippen LogP contribution in [0.1, 0.15) is 90.7 Å². The van der Waals surface area contributed by atoms with Crippen molar-refractivity contribution < 1.29 is 52.8 Å². The maximum Gasteiger partial charge on any atom is 0.407 e. The molecule has 5 aliphatic rings. The molecule has 0 heterocycles. The molecule has 1 amide bonds. The fraction of sp³-hybridized carbons (Fsp3) is 0.533. The Kier molecular flexibility index (Phi) is 10.2. The largest absolute Gasteiger partial charge is 0.458 e. The van der Waals surface area contributed by atoms with Gasteiger partial charge in [-0.3, -0.25) is 14.4 Å². The normalized spacial score (nSPS) is 33.1. The highest BCUT2D eigenvalue weighted by molar-refractivity contribution is 6.01. The van der Waals surface area contributed by atoms with E-state index in [0.717, 1.165) is 22.3 Å². The van der Waals surface area contributed by atoms with E-state index in [9.17, 15) is 34.2 Å². The van der Waals surface area contributed by atoms with Crippen molar-refractivity contribution in [3.8, 4) is 11.1 Å². The molecule has 2 aromatic rings. The number of rotatable bonds is 9. The molecule has 0 unspecified atom stereocenters. The highest BCUT2D eigenvalue weighted by atomic mass is 19.1. The average molecular weight is 786 g/mol. The Morgan fingerprint density at radius 1 is 0.982 bits per heavy atom. The van der Waals surface area contributed by atoms with Gasteiger partial charge in [-0.15, -0.1) is 0 Å². The third kappa shape index (κ3) is 6.52. The lowest BCUT2D eigenvalue weighted by Gasteiger charge is -2.62. The quantitative estimate of drug-likeness (QED) is 0.200. The number of alkyl halides is 1. The number of benzene rings is 2. The van der Waals surface area contributed by atoms with E-state index in [1.165, 1.54) is 12.2 Å². The van der Waals surface area contributed by atoms with Gasteiger partial charge >= 0.3 is 18.0 Å². The molecule has 304 valence electrons. The molecule has 3 saturated carbocycles. The van der Waals surface area contributed by atoms with Crippen molar-refractivity contribution in [2.45, 2.75) is 109 Å². The van der Waals surface area contributed by atoms with Crippen molar-refractivity contribution in [3.05, 3.63) is 83.5 Å². The van der Waals surface area contributed by atoms with Crippen LogP contribution < -0.4 is 5.32 Å². The summed E-state index contributed by atoms with van der Waals surface area (Å²) < 4.78 is 34.0. The van der Waals surface area contributed by atoms with Crippen molar-refractivity contribution in [1.82, 2.24) is 5.32 Å². The molecular formula is C45H52FNO10. The lowest BCUT2D eigenvalue weighted by Crippen LogP contribution is -2.69. The van der Waals surface area contributed by atoms with Crippen LogP contribution in [0.25, 0.3) is 11.1 Å². The number of ether oxygens (including phenoxy) is 3. The van der Waals surface area contributed by atoms with Gasteiger partial charge in [0.05, 0.1) is 12.5 Å². The van der Waals surface area contributed by atoms with E-state index in [2.05, 4.69) is 5.32 Å². The molecule has 0 saturated heterocycles. The first kappa shape index (κ1) is 40.5. The summed E-state index contributed by atoms with van der Waals surface area (Å²) in [5, 5.41) is 26.4. The van der Waals surface area contributed by atoms with E-state index in [4.69, 9.17) is 14.2 Å². The van der Waals surface area contributed by atoms with Crippen LogP contribution in [0.4, 0.5) is 9.18 Å². The van der Waals surface area contributed by atoms with Gasteiger partial charge in [-0.2, -0.15) is 0 Å². The second-order valence-corrected chi connectivity index (χ2v) is 18.0. The lowest BCUT2D eigenvalue weighted by molar-refractivity contribution is -0.220. The fourth-order valence-corrected chi connectivity index (χ4v) is 11.0. The number of carbonyl (C=O) groups excluding carboxylic acids is 5. The molecule has 7 rings (SSSR count). The molecule has 3 N–H and O–H groups in total. The summed E-state index contributed by atoms with van der Waals surface area (Å²) in [6, 6.07) is 14.1. The zero-order chi connectivity index (χ0) is 41.3. The minimum atomic E-state index is -2.14. The molecule has 0 aliphatic heterocycles. The van der Waals surface area contributed by atoms with Gasteiger partial charge in [-0.25, -0.2) is 14.0 Å². The van der Waals surface area contributed by atoms with Crippen LogP contribution in [0.3, 0.4) is 0 Å². The minimum Gasteiger partial charge on any atom is -0.458 e. The zero-order valence-corrected chi connectivity index (χ0v) is 33.3. The smallest absolute Gasteiger partial charge is 0.407 e. The van der Waals surface area contributed by atoms with Gasteiger partial charge in [0, 0.05) is 22.7 Å². The lowest BCUT2D eigenvalue weighted by atomic mass is 9.44. The van der Waals surface area contributed by atoms with Crippen LogP contribution in [-0.2, 0) is 33.4 Å². The van der Waals surface area contributed by atoms with Gasteiger partial charge in [-0.05, 0) is 99.6 Å². The molecule has 0 bridgehead atoms. The molecule has 5 aliphatic carbocycles. The Labute approximate surface area is 332 Å². The molecule has 12 heteroatoms. The third-order valence-corrected chi connectivity index (χ3v) is 13.7. The summed E-state index contributed by atoms with van der Waals surface area (Å²) in [6.07, 6.45) is 1.92. The van der Waals surface area contributed by atoms with Crippen molar-refractivity contribution in [1.29, 1.82) is 0 Å². The third-order valence-electron chi connectivity index (χ3n) is 13.7. The van der Waals surface area contributed by atoms with Crippen LogP contribution in [0, 0.1) is 28.6 Å². The Balaban J connectivity index is 1.02. The maximum atomic E-state index is 17.6. The molecule has 57 heavy (non-hydrogen) atoms. The first-order valence-corrected chi connectivity index (χ1v) is 19.8. The number of halogens is 1. The number of esters is 2. The molecular weight excluding hydrogens is 733 g/mol. The highest BCUT2D eigenvalue weighted by Crippen LogP contribution is 2.70. The maximum absolute atomic E-state index is 17.6. The average Bonchev–Trinajstić information content (AvgIpc) is 3.57. The predicted molar refractivity (Wildman–Crippen MR) is 206 cm³/mol. The molecule has 0 spiro atoms. The highest BCUT2D eigenvalue weighted by Gasteiger charge is 2.75. The second-order valence-electron chi connectivity index (χ2n) is 18.0. The van der Waals surface area contributed by atoms with Crippen LogP contribution >= 0.6 is 0 Å². The molecule has 2 aromatic carbocycles. The van der Waals surface area contributed by atoms with Gasteiger partial charge in [0.1, 0.15) is 23.9 Å². The van der Waals surface area contributed by atoms with Crippen molar-refractivity contribution in [2.24, 2.45) is 28.6 Å². The van der Waals surface area contributed by atoms with Crippen LogP contribution in [0.5, 0.6) is 0 Å². The number of amides is 1. The number of aliphatic hydroxyl groups is 2. The topological polar surface area (TPSA) is 166 Å². The summed E-state index contributed by atoms with van der Waals surface area (Å²) in [6.45, 7) is 9.09. The SMILES string of the molecule is C[C@@H]1C[C@H]2[C@@H]3CCC4=CC(=O)C=C[C@]4(C)[C@@]3(F)[C@@H](O)C[C@]2(C)[C@@]1(O)C(=O)COC(=O)C[C@H](NC(=O)OCC1c2ccccc2-c2ccccc21)C(=O)OC(C)(C)C. The molecule has 11 nitrogen and oxygen atoms in total. The number of ketones is 2. The Bertz CT molecular complexity index is 2030. The number of carbonyl (C=O) groups is 5. The molecule has 3 fully saturated rings. The fourth-order valence-electron chi connectivity index (χ4n) is 11.0. The summed E-state index contributed by atoms with van der Waals surface area (Å²) in [7, 11) is 0. The van der Waals surface area contributed by atoms with Gasteiger partial charge in [0.25, 0.3) is 0 Å². The molecule has 9 atom stereocenters. The van der Waals surface area contributed by atoms with E-state index >= 15 is 4.39 Å². The summed E-state index contributed by atoms with van der Waals surface area (Å²) in [4.78, 5) is 66.0. The monoisotopic (exact) mass is 785 g/mol. The van der Waals surface area contributed by atoms with Crippen LogP contribution in [-0.4, -0.2) is 82.0 Å². The number of aliphatic hydroxyl groups excluding tert-OH is 1. The Hall–Kier alpha value is -4.68. The number of alkyl carbamates (subject to hydrolysis) is 1. The van der Waals surface area contributed by atoms with Gasteiger partial charge in [0.2, 0.25) is 5.78 Å². The number of hydrogen-bond donors (Lipinski definition) is 3. The number of allylic oxidation sites excluding steroid dienone is 4. The predicted octanol–water partition coefficient (Wildman–Crippen LogP) is 6.09. The minimum absolute atomic E-state index is 0.0388. The Morgan fingerprint density at radius 3 is 2.25 bits per heavy atom. The van der Waals surface area contributed by atoms with Crippen molar-refractivity contribution in [2.75, 3.05) is 13.2 Å². The second kappa shape index (κ2) is 14.3. The standard InChI is InChI=1S/C45H52FNO10/c1-25-19-34-33-16-15-26-20-27(48)17-18-42(26,5)44(33,46)36(49)22-43(34,6)45(25,54)37(50)24-55-38(51)21-35(39(52)57-41(2,3)4)47-40(53)56-23-32-30-13-9-7-11-28(30)29-12-8-10-14-31(29)32/h7-14,17-18,20,25,32-36,49,54H,15-16,19,21-24H2,1-6H3,(H,47,53)/t25-,33+,34+,35+,36+,42+,43+,44+,45+/m1/s1. The molecule has 0 radical (unpaired) electrons. The van der Waals surface area contributed by atoms with Crippen LogP contribution in [0.2, 0.25) is 0 Å². The van der Waals surface area contributed by atoms with E-state index < -0.39 is 94.4 Å². The first-order valence-electron chi connectivity index (χ1n) is 19.8. The van der Waals surface area contributed by atoms with Crippen LogP contribution in [0.15, 0.2) is 72.3 Å².